The summed E-state index contributed by atoms with van der Waals surface area (Å²) in [4.78, 5) is 23.3. The summed E-state index contributed by atoms with van der Waals surface area (Å²) in [6.07, 6.45) is -0.587. The van der Waals surface area contributed by atoms with Crippen molar-refractivity contribution in [2.24, 2.45) is 11.7 Å². The average Bonchev–Trinajstić information content (AvgIpc) is 2.36. The Balaban J connectivity index is 2.70. The van der Waals surface area contributed by atoms with Gasteiger partial charge in [-0.3, -0.25) is 9.59 Å². The maximum absolute atomic E-state index is 11.9. The first-order valence-corrected chi connectivity index (χ1v) is 7.19. The van der Waals surface area contributed by atoms with E-state index >= 15 is 0 Å². The molecule has 1 aromatic carbocycles. The van der Waals surface area contributed by atoms with Gasteiger partial charge in [-0.1, -0.05) is 37.6 Å². The number of nitrogens with two attached hydrogens (primary N) is 1. The lowest BCUT2D eigenvalue weighted by Crippen LogP contribution is -2.49. The van der Waals surface area contributed by atoms with Crippen LogP contribution in [0.2, 0.25) is 5.02 Å². The van der Waals surface area contributed by atoms with Gasteiger partial charge in [0, 0.05) is 11.4 Å². The lowest BCUT2D eigenvalue weighted by Gasteiger charge is -2.19. The summed E-state index contributed by atoms with van der Waals surface area (Å²) in [5.41, 5.74) is 6.09. The van der Waals surface area contributed by atoms with E-state index in [1.807, 2.05) is 13.8 Å². The van der Waals surface area contributed by atoms with Crippen LogP contribution < -0.4 is 11.1 Å². The van der Waals surface area contributed by atoms with E-state index in [1.54, 1.807) is 24.3 Å². The van der Waals surface area contributed by atoms with Gasteiger partial charge in [-0.05, 0) is 30.0 Å². The van der Waals surface area contributed by atoms with Crippen LogP contribution in [0.4, 0.5) is 0 Å². The fraction of sp³-hybridized carbons (Fsp3) is 0.467. The van der Waals surface area contributed by atoms with Gasteiger partial charge >= 0.3 is 0 Å². The Kier molecular flexibility index (Phi) is 6.65. The fourth-order valence-corrected chi connectivity index (χ4v) is 2.16. The molecule has 1 rings (SSSR count). The SMILES string of the molecule is CC(C)C[C@H](O)C(=O)N[C@@H](Cc1cccc(Cl)c1)C(N)=O. The van der Waals surface area contributed by atoms with Crippen molar-refractivity contribution in [2.45, 2.75) is 38.8 Å². The molecule has 0 radical (unpaired) electrons. The molecule has 0 aliphatic carbocycles. The van der Waals surface area contributed by atoms with E-state index in [0.717, 1.165) is 5.56 Å². The van der Waals surface area contributed by atoms with Crippen LogP contribution in [-0.2, 0) is 16.0 Å². The van der Waals surface area contributed by atoms with Crippen molar-refractivity contribution in [1.82, 2.24) is 5.32 Å². The third-order valence-electron chi connectivity index (χ3n) is 2.99. The van der Waals surface area contributed by atoms with Gasteiger partial charge in [-0.15, -0.1) is 0 Å². The van der Waals surface area contributed by atoms with Gasteiger partial charge in [0.2, 0.25) is 11.8 Å². The third-order valence-corrected chi connectivity index (χ3v) is 3.22. The largest absolute Gasteiger partial charge is 0.383 e. The summed E-state index contributed by atoms with van der Waals surface area (Å²) in [5, 5.41) is 12.8. The number of primary amides is 1. The van der Waals surface area contributed by atoms with E-state index in [1.165, 1.54) is 0 Å². The van der Waals surface area contributed by atoms with Crippen molar-refractivity contribution in [2.75, 3.05) is 0 Å². The van der Waals surface area contributed by atoms with E-state index in [-0.39, 0.29) is 12.3 Å². The summed E-state index contributed by atoms with van der Waals surface area (Å²) in [6, 6.07) is 6.09. The standard InChI is InChI=1S/C15H21ClN2O3/c1-9(2)6-13(19)15(21)18-12(14(17)20)8-10-4-3-5-11(16)7-10/h3-5,7,9,12-13,19H,6,8H2,1-2H3,(H2,17,20)(H,18,21)/t12-,13-/m0/s1. The molecule has 21 heavy (non-hydrogen) atoms. The number of aliphatic hydroxyl groups excluding tert-OH is 1. The van der Waals surface area contributed by atoms with Crippen molar-refractivity contribution in [1.29, 1.82) is 0 Å². The van der Waals surface area contributed by atoms with Crippen LogP contribution >= 0.6 is 11.6 Å². The first-order valence-electron chi connectivity index (χ1n) is 6.81. The minimum absolute atomic E-state index is 0.172. The third kappa shape index (κ3) is 6.14. The molecule has 6 heteroatoms. The number of carbonyl (C=O) groups is 2. The molecule has 0 unspecified atom stereocenters. The molecule has 1 aromatic rings. The Labute approximate surface area is 129 Å². The molecule has 0 saturated carbocycles. The Morgan fingerprint density at radius 2 is 2.05 bits per heavy atom. The first kappa shape index (κ1) is 17.5. The smallest absolute Gasteiger partial charge is 0.249 e. The lowest BCUT2D eigenvalue weighted by molar-refractivity contribution is -0.133. The van der Waals surface area contributed by atoms with Crippen LogP contribution in [0.15, 0.2) is 24.3 Å². The Morgan fingerprint density at radius 1 is 1.38 bits per heavy atom. The second kappa shape index (κ2) is 8.00. The number of carbonyl (C=O) groups excluding carboxylic acids is 2. The molecular weight excluding hydrogens is 292 g/mol. The summed E-state index contributed by atoms with van der Waals surface area (Å²) < 4.78 is 0. The van der Waals surface area contributed by atoms with Gasteiger partial charge in [0.15, 0.2) is 0 Å². The van der Waals surface area contributed by atoms with Gasteiger partial charge in [0.05, 0.1) is 0 Å². The van der Waals surface area contributed by atoms with E-state index in [4.69, 9.17) is 17.3 Å². The van der Waals surface area contributed by atoms with Crippen LogP contribution in [0.5, 0.6) is 0 Å². The highest BCUT2D eigenvalue weighted by Gasteiger charge is 2.23. The minimum Gasteiger partial charge on any atom is -0.383 e. The summed E-state index contributed by atoms with van der Waals surface area (Å²) in [7, 11) is 0. The zero-order valence-corrected chi connectivity index (χ0v) is 12.9. The highest BCUT2D eigenvalue weighted by atomic mass is 35.5. The molecule has 0 saturated heterocycles. The maximum Gasteiger partial charge on any atom is 0.249 e. The monoisotopic (exact) mass is 312 g/mol. The Hall–Kier alpha value is -1.59. The number of amides is 2. The quantitative estimate of drug-likeness (QED) is 0.707. The molecule has 0 bridgehead atoms. The van der Waals surface area contributed by atoms with E-state index in [2.05, 4.69) is 5.32 Å². The average molecular weight is 313 g/mol. The number of rotatable bonds is 7. The maximum atomic E-state index is 11.9. The molecule has 0 aliphatic rings. The van der Waals surface area contributed by atoms with Crippen molar-refractivity contribution in [3.63, 3.8) is 0 Å². The molecule has 2 atom stereocenters. The molecule has 2 amide bonds. The molecule has 0 heterocycles. The minimum atomic E-state index is -1.15. The summed E-state index contributed by atoms with van der Waals surface area (Å²) >= 11 is 5.88. The molecule has 0 fully saturated rings. The van der Waals surface area contributed by atoms with Crippen LogP contribution in [0.3, 0.4) is 0 Å². The summed E-state index contributed by atoms with van der Waals surface area (Å²) in [6.45, 7) is 3.79. The number of nitrogens with one attached hydrogen (secondary N) is 1. The molecule has 5 nitrogen and oxygen atoms in total. The predicted molar refractivity (Wildman–Crippen MR) is 81.7 cm³/mol. The van der Waals surface area contributed by atoms with E-state index in [0.29, 0.717) is 11.4 Å². The Morgan fingerprint density at radius 3 is 2.57 bits per heavy atom. The zero-order valence-electron chi connectivity index (χ0n) is 12.2. The number of aliphatic hydroxyl groups is 1. The lowest BCUT2D eigenvalue weighted by atomic mass is 10.0. The van der Waals surface area contributed by atoms with E-state index in [9.17, 15) is 14.7 Å². The predicted octanol–water partition coefficient (Wildman–Crippen LogP) is 1.26. The second-order valence-electron chi connectivity index (χ2n) is 5.44. The van der Waals surface area contributed by atoms with Crippen molar-refractivity contribution >= 4 is 23.4 Å². The van der Waals surface area contributed by atoms with Gasteiger partial charge in [0.25, 0.3) is 0 Å². The molecule has 0 spiro atoms. The number of hydrogen-bond donors (Lipinski definition) is 3. The van der Waals surface area contributed by atoms with Crippen molar-refractivity contribution in [3.8, 4) is 0 Å². The molecule has 4 N–H and O–H groups in total. The van der Waals surface area contributed by atoms with Crippen LogP contribution in [0, 0.1) is 5.92 Å². The van der Waals surface area contributed by atoms with Gasteiger partial charge in [0.1, 0.15) is 12.1 Å². The highest BCUT2D eigenvalue weighted by Crippen LogP contribution is 2.12. The number of benzene rings is 1. The molecule has 116 valence electrons. The van der Waals surface area contributed by atoms with Crippen molar-refractivity contribution < 1.29 is 14.7 Å². The first-order chi connectivity index (χ1) is 9.79. The molecule has 0 aliphatic heterocycles. The van der Waals surface area contributed by atoms with Gasteiger partial charge < -0.3 is 16.2 Å². The topological polar surface area (TPSA) is 92.4 Å². The Bertz CT molecular complexity index is 505. The van der Waals surface area contributed by atoms with Crippen molar-refractivity contribution in [3.05, 3.63) is 34.9 Å². The van der Waals surface area contributed by atoms with Crippen LogP contribution in [-0.4, -0.2) is 29.1 Å². The van der Waals surface area contributed by atoms with Crippen LogP contribution in [0.25, 0.3) is 0 Å². The molecular formula is C15H21ClN2O3. The zero-order chi connectivity index (χ0) is 16.0. The van der Waals surface area contributed by atoms with Gasteiger partial charge in [-0.25, -0.2) is 0 Å². The van der Waals surface area contributed by atoms with Crippen LogP contribution in [0.1, 0.15) is 25.8 Å². The fourth-order valence-electron chi connectivity index (χ4n) is 1.94. The number of halogens is 1. The summed E-state index contributed by atoms with van der Waals surface area (Å²) in [5.74, 6) is -1.07. The highest BCUT2D eigenvalue weighted by molar-refractivity contribution is 6.30. The second-order valence-corrected chi connectivity index (χ2v) is 5.88. The van der Waals surface area contributed by atoms with Gasteiger partial charge in [-0.2, -0.15) is 0 Å². The normalized spacial score (nSPS) is 13.8. The number of hydrogen-bond acceptors (Lipinski definition) is 3. The van der Waals surface area contributed by atoms with E-state index < -0.39 is 24.0 Å². The molecule has 0 aromatic heterocycles.